The summed E-state index contributed by atoms with van der Waals surface area (Å²) >= 11 is 5.23. The largest absolute Gasteiger partial charge is 0.326 e. The van der Waals surface area contributed by atoms with Gasteiger partial charge in [-0.25, -0.2) is 0 Å². The van der Waals surface area contributed by atoms with Crippen molar-refractivity contribution in [3.8, 4) is 0 Å². The number of hydrogen-bond donors (Lipinski definition) is 0. The van der Waals surface area contributed by atoms with Crippen LogP contribution < -0.4 is 0 Å². The van der Waals surface area contributed by atoms with Crippen LogP contribution in [0.15, 0.2) is 0 Å². The molecule has 0 spiro atoms. The molecule has 0 radical (unpaired) electrons. The highest BCUT2D eigenvalue weighted by Gasteiger charge is 2.23. The fourth-order valence-electron chi connectivity index (χ4n) is 0.701. The van der Waals surface area contributed by atoms with Crippen LogP contribution in [0.5, 0.6) is 0 Å². The normalized spacial score (nSPS) is 13.2. The smallest absolute Gasteiger partial charge is 0.312 e. The summed E-state index contributed by atoms with van der Waals surface area (Å²) in [7, 11) is -1.25. The Labute approximate surface area is 93.4 Å². The van der Waals surface area contributed by atoms with E-state index in [-0.39, 0.29) is 0 Å². The summed E-state index contributed by atoms with van der Waals surface area (Å²) in [5.74, 6) is 0. The van der Waals surface area contributed by atoms with Crippen LogP contribution in [-0.4, -0.2) is 27.5 Å². The van der Waals surface area contributed by atoms with Gasteiger partial charge < -0.3 is 13.6 Å². The Hall–Kier alpha value is 0.747. The van der Waals surface area contributed by atoms with Crippen molar-refractivity contribution in [3.05, 3.63) is 0 Å². The van der Waals surface area contributed by atoms with Crippen molar-refractivity contribution in [1.82, 2.24) is 0 Å². The van der Waals surface area contributed by atoms with Gasteiger partial charge >= 0.3 is 6.72 Å². The Bertz CT molecular complexity index is 195. The summed E-state index contributed by atoms with van der Waals surface area (Å²) in [6.07, 6.45) is 0.699. The Kier molecular flexibility index (Phi) is 6.69. The van der Waals surface area contributed by atoms with Crippen LogP contribution >= 0.6 is 6.72 Å². The highest BCUT2D eigenvalue weighted by molar-refractivity contribution is 8.07. The first-order valence-corrected chi connectivity index (χ1v) is 11.1. The summed E-state index contributed by atoms with van der Waals surface area (Å²) in [4.78, 5) is 0. The molecule has 3 nitrogen and oxygen atoms in total. The van der Waals surface area contributed by atoms with Gasteiger partial charge in [-0.1, -0.05) is 19.6 Å². The minimum absolute atomic E-state index is 0.545. The average Bonchev–Trinajstić information content (AvgIpc) is 2.01. The molecule has 0 atom stereocenters. The fraction of sp³-hybridized carbons (Fsp3) is 1.00. The molecule has 14 heavy (non-hydrogen) atoms. The van der Waals surface area contributed by atoms with Gasteiger partial charge in [0.2, 0.25) is 0 Å². The van der Waals surface area contributed by atoms with Gasteiger partial charge in [0.15, 0.2) is 0 Å². The van der Waals surface area contributed by atoms with E-state index in [0.29, 0.717) is 19.4 Å². The maximum absolute atomic E-state index is 5.62. The second-order valence-corrected chi connectivity index (χ2v) is 12.5. The third-order valence-electron chi connectivity index (χ3n) is 1.23. The van der Waals surface area contributed by atoms with E-state index >= 15 is 0 Å². The average molecular weight is 256 g/mol. The zero-order chi connectivity index (χ0) is 11.2. The molecule has 6 heteroatoms. The van der Waals surface area contributed by atoms with E-state index in [0.717, 1.165) is 0 Å². The van der Waals surface area contributed by atoms with Gasteiger partial charge in [-0.3, -0.25) is 0 Å². The van der Waals surface area contributed by atoms with Gasteiger partial charge in [-0.2, -0.15) is 0 Å². The van der Waals surface area contributed by atoms with Crippen molar-refractivity contribution in [2.45, 2.75) is 33.5 Å². The maximum Gasteiger partial charge on any atom is 0.326 e. The molecule has 0 aromatic heterocycles. The molecule has 0 aliphatic rings. The zero-order valence-corrected chi connectivity index (χ0v) is 12.4. The molecule has 0 aliphatic carbocycles. The minimum Gasteiger partial charge on any atom is -0.312 e. The predicted octanol–water partition coefficient (Wildman–Crippen LogP) is 3.18. The molecule has 0 N–H and O–H groups in total. The molecule has 0 bridgehead atoms. The third kappa shape index (κ3) is 7.09. The summed E-state index contributed by atoms with van der Waals surface area (Å²) in [5.41, 5.74) is 0. The van der Waals surface area contributed by atoms with E-state index in [1.54, 1.807) is 0 Å². The van der Waals surface area contributed by atoms with Crippen molar-refractivity contribution in [2.24, 2.45) is 0 Å². The standard InChI is InChI=1S/C8H21O3PSSi/c1-6-9-12(13,10-7-2)11-8-14(3,4)5/h6-8H2,1-5H3. The highest BCUT2D eigenvalue weighted by atomic mass is 32.5. The van der Waals surface area contributed by atoms with Crippen molar-refractivity contribution >= 4 is 26.6 Å². The van der Waals surface area contributed by atoms with Crippen LogP contribution in [0.2, 0.25) is 19.6 Å². The summed E-state index contributed by atoms with van der Waals surface area (Å²) in [6, 6.07) is 0. The first-order valence-electron chi connectivity index (χ1n) is 4.86. The number of hydrogen-bond acceptors (Lipinski definition) is 4. The molecule has 0 saturated heterocycles. The van der Waals surface area contributed by atoms with Crippen LogP contribution in [0, 0.1) is 0 Å². The molecular formula is C8H21O3PSSi. The lowest BCUT2D eigenvalue weighted by atomic mass is 10.9. The second kappa shape index (κ2) is 6.36. The summed E-state index contributed by atoms with van der Waals surface area (Å²) in [6.45, 7) is 9.12. The van der Waals surface area contributed by atoms with Crippen LogP contribution in [0.3, 0.4) is 0 Å². The van der Waals surface area contributed by atoms with Crippen LogP contribution in [0.1, 0.15) is 13.8 Å². The van der Waals surface area contributed by atoms with Gasteiger partial charge in [-0.15, -0.1) is 0 Å². The summed E-state index contributed by atoms with van der Waals surface area (Å²) < 4.78 is 16.4. The second-order valence-electron chi connectivity index (χ2n) is 4.12. The minimum atomic E-state index is -2.45. The van der Waals surface area contributed by atoms with Crippen molar-refractivity contribution in [2.75, 3.05) is 19.4 Å². The van der Waals surface area contributed by atoms with Gasteiger partial charge in [-0.05, 0) is 25.7 Å². The van der Waals surface area contributed by atoms with Crippen molar-refractivity contribution < 1.29 is 13.6 Å². The first-order chi connectivity index (χ1) is 6.33. The molecule has 0 rings (SSSR count). The molecule has 0 fully saturated rings. The van der Waals surface area contributed by atoms with Crippen LogP contribution in [0.4, 0.5) is 0 Å². The van der Waals surface area contributed by atoms with Gasteiger partial charge in [0, 0.05) is 6.23 Å². The lowest BCUT2D eigenvalue weighted by Crippen LogP contribution is -2.27. The molecule has 0 aromatic carbocycles. The van der Waals surface area contributed by atoms with E-state index in [1.807, 2.05) is 13.8 Å². The van der Waals surface area contributed by atoms with Crippen molar-refractivity contribution in [3.63, 3.8) is 0 Å². The molecular weight excluding hydrogens is 235 g/mol. The molecule has 0 unspecified atom stereocenters. The van der Waals surface area contributed by atoms with Gasteiger partial charge in [0.1, 0.15) is 0 Å². The third-order valence-corrected chi connectivity index (χ3v) is 5.03. The van der Waals surface area contributed by atoms with E-state index in [9.17, 15) is 0 Å². The SMILES string of the molecule is CCOP(=S)(OCC)OC[Si](C)(C)C. The lowest BCUT2D eigenvalue weighted by molar-refractivity contribution is 0.182. The molecule has 0 aliphatic heterocycles. The first kappa shape index (κ1) is 14.7. The molecule has 0 aromatic rings. The monoisotopic (exact) mass is 256 g/mol. The topological polar surface area (TPSA) is 27.7 Å². The van der Waals surface area contributed by atoms with Crippen LogP contribution in [-0.2, 0) is 25.4 Å². The van der Waals surface area contributed by atoms with Crippen LogP contribution in [0.25, 0.3) is 0 Å². The molecule has 0 heterocycles. The van der Waals surface area contributed by atoms with E-state index in [1.165, 1.54) is 0 Å². The van der Waals surface area contributed by atoms with E-state index in [2.05, 4.69) is 19.6 Å². The van der Waals surface area contributed by atoms with Gasteiger partial charge in [0.25, 0.3) is 0 Å². The fourth-order valence-corrected chi connectivity index (χ4v) is 4.85. The molecule has 0 amide bonds. The van der Waals surface area contributed by atoms with Crippen molar-refractivity contribution in [1.29, 1.82) is 0 Å². The zero-order valence-electron chi connectivity index (χ0n) is 9.70. The quantitative estimate of drug-likeness (QED) is 0.516. The Morgan fingerprint density at radius 1 is 1.00 bits per heavy atom. The maximum atomic E-state index is 5.62. The Morgan fingerprint density at radius 2 is 1.43 bits per heavy atom. The molecule has 0 saturated carbocycles. The van der Waals surface area contributed by atoms with Gasteiger partial charge in [0.05, 0.1) is 21.3 Å². The van der Waals surface area contributed by atoms with E-state index in [4.69, 9.17) is 25.4 Å². The molecule has 86 valence electrons. The summed E-state index contributed by atoms with van der Waals surface area (Å²) in [5, 5.41) is 0. The Morgan fingerprint density at radius 3 is 1.71 bits per heavy atom. The lowest BCUT2D eigenvalue weighted by Gasteiger charge is -2.24. The van der Waals surface area contributed by atoms with E-state index < -0.39 is 14.8 Å². The Balaban J connectivity index is 4.16. The highest BCUT2D eigenvalue weighted by Crippen LogP contribution is 2.49. The predicted molar refractivity (Wildman–Crippen MR) is 66.8 cm³/mol. The number of rotatable bonds is 7.